The maximum atomic E-state index is 12.8. The fraction of sp³-hybridized carbons (Fsp3) is 0.524. The average molecular weight is 387 g/mol. The summed E-state index contributed by atoms with van der Waals surface area (Å²) in [7, 11) is 1.58. The van der Waals surface area contributed by atoms with Crippen molar-refractivity contribution in [1.29, 1.82) is 0 Å². The van der Waals surface area contributed by atoms with Crippen molar-refractivity contribution in [3.63, 3.8) is 0 Å². The Morgan fingerprint density at radius 2 is 2.11 bits per heavy atom. The van der Waals surface area contributed by atoms with Crippen LogP contribution in [-0.4, -0.2) is 55.1 Å². The van der Waals surface area contributed by atoms with E-state index >= 15 is 0 Å². The van der Waals surface area contributed by atoms with Crippen molar-refractivity contribution in [2.24, 2.45) is 5.41 Å². The van der Waals surface area contributed by atoms with Crippen LogP contribution in [0.15, 0.2) is 18.2 Å². The van der Waals surface area contributed by atoms with Crippen molar-refractivity contribution in [3.05, 3.63) is 23.9 Å². The largest absolute Gasteiger partial charge is 0.497 e. The highest BCUT2D eigenvalue weighted by atomic mass is 16.5. The minimum Gasteiger partial charge on any atom is -0.497 e. The summed E-state index contributed by atoms with van der Waals surface area (Å²) >= 11 is 0. The lowest BCUT2D eigenvalue weighted by atomic mass is 9.84. The Bertz CT molecular complexity index is 872. The number of rotatable bonds is 6. The first-order valence-corrected chi connectivity index (χ1v) is 9.72. The van der Waals surface area contributed by atoms with E-state index in [0.29, 0.717) is 18.0 Å². The van der Waals surface area contributed by atoms with E-state index in [4.69, 9.17) is 9.47 Å². The van der Waals surface area contributed by atoms with Crippen LogP contribution in [0.5, 0.6) is 5.75 Å². The number of ether oxygens (including phenoxy) is 2. The van der Waals surface area contributed by atoms with Crippen LogP contribution in [0.3, 0.4) is 0 Å². The number of aromatic nitrogens is 1. The summed E-state index contributed by atoms with van der Waals surface area (Å²) in [6.45, 7) is 8.54. The van der Waals surface area contributed by atoms with Gasteiger partial charge >= 0.3 is 5.97 Å². The number of carbonyl (C=O) groups is 2. The van der Waals surface area contributed by atoms with E-state index in [9.17, 15) is 9.59 Å². The number of likely N-dealkylation sites (tertiary alicyclic amines) is 1. The second kappa shape index (κ2) is 8.22. The highest BCUT2D eigenvalue weighted by molar-refractivity contribution is 6.11. The summed E-state index contributed by atoms with van der Waals surface area (Å²) in [5, 5.41) is 3.65. The van der Waals surface area contributed by atoms with E-state index in [1.165, 1.54) is 6.42 Å². The summed E-state index contributed by atoms with van der Waals surface area (Å²) in [5.41, 5.74) is 1.63. The number of benzene rings is 1. The summed E-state index contributed by atoms with van der Waals surface area (Å²) in [4.78, 5) is 30.4. The number of methoxy groups -OCH3 is 1. The van der Waals surface area contributed by atoms with E-state index < -0.39 is 5.97 Å². The third-order valence-corrected chi connectivity index (χ3v) is 5.10. The molecule has 0 unspecified atom stereocenters. The highest BCUT2D eigenvalue weighted by Gasteiger charge is 2.28. The zero-order valence-electron chi connectivity index (χ0n) is 17.1. The predicted molar refractivity (Wildman–Crippen MR) is 109 cm³/mol. The van der Waals surface area contributed by atoms with Crippen LogP contribution in [-0.2, 0) is 9.53 Å². The third-order valence-electron chi connectivity index (χ3n) is 5.10. The minimum atomic E-state index is -0.493. The van der Waals surface area contributed by atoms with Crippen molar-refractivity contribution in [3.8, 4) is 5.75 Å². The lowest BCUT2D eigenvalue weighted by molar-refractivity contribution is -0.118. The zero-order valence-corrected chi connectivity index (χ0v) is 17.1. The molecule has 0 bridgehead atoms. The maximum Gasteiger partial charge on any atom is 0.356 e. The molecule has 0 radical (unpaired) electrons. The number of fused-ring (bicyclic) bond motifs is 1. The number of amides is 1. The van der Waals surface area contributed by atoms with Crippen LogP contribution in [0.1, 0.15) is 44.1 Å². The normalized spacial score (nSPS) is 16.7. The SMILES string of the molecule is CCOC(=O)c1[nH]c2ccc(OC)cc2c1NC(=O)CN1CCCC(C)(C)C1. The van der Waals surface area contributed by atoms with E-state index in [0.717, 1.165) is 30.4 Å². The van der Waals surface area contributed by atoms with Gasteiger partial charge in [-0.1, -0.05) is 13.8 Å². The fourth-order valence-electron chi connectivity index (χ4n) is 3.85. The quantitative estimate of drug-likeness (QED) is 0.742. The number of anilines is 1. The molecular weight excluding hydrogens is 358 g/mol. The minimum absolute atomic E-state index is 0.146. The molecule has 1 aliphatic rings. The van der Waals surface area contributed by atoms with Crippen LogP contribution < -0.4 is 10.1 Å². The molecule has 7 heteroatoms. The van der Waals surface area contributed by atoms with Gasteiger partial charge in [-0.25, -0.2) is 4.79 Å². The third kappa shape index (κ3) is 4.47. The van der Waals surface area contributed by atoms with Crippen molar-refractivity contribution in [2.75, 3.05) is 38.7 Å². The Hall–Kier alpha value is -2.54. The molecule has 0 spiro atoms. The van der Waals surface area contributed by atoms with Gasteiger partial charge in [-0.2, -0.15) is 0 Å². The van der Waals surface area contributed by atoms with Gasteiger partial charge in [0, 0.05) is 17.4 Å². The number of nitrogens with zero attached hydrogens (tertiary/aromatic N) is 1. The Morgan fingerprint density at radius 1 is 1.32 bits per heavy atom. The topological polar surface area (TPSA) is 83.7 Å². The number of hydrogen-bond donors (Lipinski definition) is 2. The van der Waals surface area contributed by atoms with Crippen LogP contribution >= 0.6 is 0 Å². The first-order chi connectivity index (χ1) is 13.3. The van der Waals surface area contributed by atoms with Crippen molar-refractivity contribution in [2.45, 2.75) is 33.6 Å². The first kappa shape index (κ1) is 20.2. The molecule has 7 nitrogen and oxygen atoms in total. The predicted octanol–water partition coefficient (Wildman–Crippen LogP) is 3.41. The van der Waals surface area contributed by atoms with Crippen molar-refractivity contribution in [1.82, 2.24) is 9.88 Å². The summed E-state index contributed by atoms with van der Waals surface area (Å²) in [6, 6.07) is 5.42. The van der Waals surface area contributed by atoms with Gasteiger partial charge in [0.25, 0.3) is 0 Å². The van der Waals surface area contributed by atoms with Crippen LogP contribution in [0, 0.1) is 5.41 Å². The number of hydrogen-bond acceptors (Lipinski definition) is 5. The second-order valence-corrected chi connectivity index (χ2v) is 8.03. The molecule has 1 saturated heterocycles. The number of carbonyl (C=O) groups excluding carboxylic acids is 2. The van der Waals surface area contributed by atoms with Crippen LogP contribution in [0.4, 0.5) is 5.69 Å². The highest BCUT2D eigenvalue weighted by Crippen LogP contribution is 2.32. The van der Waals surface area contributed by atoms with Crippen LogP contribution in [0.25, 0.3) is 10.9 Å². The number of aromatic amines is 1. The fourth-order valence-corrected chi connectivity index (χ4v) is 3.85. The molecular formula is C21H29N3O4. The molecule has 152 valence electrons. The van der Waals surface area contributed by atoms with E-state index in [-0.39, 0.29) is 23.6 Å². The van der Waals surface area contributed by atoms with Gasteiger partial charge in [0.15, 0.2) is 0 Å². The first-order valence-electron chi connectivity index (χ1n) is 9.72. The number of esters is 1. The molecule has 3 rings (SSSR count). The molecule has 1 aromatic heterocycles. The van der Waals surface area contributed by atoms with Gasteiger partial charge in [0.1, 0.15) is 11.4 Å². The second-order valence-electron chi connectivity index (χ2n) is 8.03. The van der Waals surface area contributed by atoms with Crippen molar-refractivity contribution < 1.29 is 19.1 Å². The number of H-pyrrole nitrogens is 1. The molecule has 1 fully saturated rings. The van der Waals surface area contributed by atoms with Crippen molar-refractivity contribution >= 4 is 28.5 Å². The van der Waals surface area contributed by atoms with Crippen LogP contribution in [0.2, 0.25) is 0 Å². The van der Waals surface area contributed by atoms with E-state index in [1.54, 1.807) is 26.2 Å². The Labute approximate surface area is 165 Å². The molecule has 1 aliphatic heterocycles. The molecule has 0 saturated carbocycles. The Kier molecular flexibility index (Phi) is 5.93. The molecule has 1 amide bonds. The number of piperidine rings is 1. The summed E-state index contributed by atoms with van der Waals surface area (Å²) < 4.78 is 10.4. The molecule has 2 N–H and O–H groups in total. The molecule has 0 atom stereocenters. The van der Waals surface area contributed by atoms with Gasteiger partial charge in [0.2, 0.25) is 5.91 Å². The Morgan fingerprint density at radius 3 is 2.79 bits per heavy atom. The zero-order chi connectivity index (χ0) is 20.3. The molecule has 2 aromatic rings. The molecule has 1 aromatic carbocycles. The summed E-state index contributed by atoms with van der Waals surface area (Å²) in [6.07, 6.45) is 2.25. The lowest BCUT2D eigenvalue weighted by Crippen LogP contribution is -2.43. The summed E-state index contributed by atoms with van der Waals surface area (Å²) in [5.74, 6) is 0.00855. The standard InChI is InChI=1S/C21H29N3O4/c1-5-28-20(26)19-18(15-11-14(27-4)7-8-16(15)22-19)23-17(25)12-24-10-6-9-21(2,3)13-24/h7-8,11,22H,5-6,9-10,12-13H2,1-4H3,(H,23,25). The number of nitrogens with one attached hydrogen (secondary N) is 2. The van der Waals surface area contributed by atoms with Gasteiger partial charge in [0.05, 0.1) is 25.9 Å². The van der Waals surface area contributed by atoms with Gasteiger partial charge in [-0.3, -0.25) is 9.69 Å². The molecule has 0 aliphatic carbocycles. The molecule has 28 heavy (non-hydrogen) atoms. The van der Waals surface area contributed by atoms with Gasteiger partial charge < -0.3 is 19.8 Å². The Balaban J connectivity index is 1.86. The molecule has 2 heterocycles. The lowest BCUT2D eigenvalue weighted by Gasteiger charge is -2.37. The van der Waals surface area contributed by atoms with E-state index in [1.807, 2.05) is 6.07 Å². The average Bonchev–Trinajstić information content (AvgIpc) is 2.98. The maximum absolute atomic E-state index is 12.8. The van der Waals surface area contributed by atoms with Gasteiger partial charge in [-0.15, -0.1) is 0 Å². The van der Waals surface area contributed by atoms with E-state index in [2.05, 4.69) is 29.0 Å². The van der Waals surface area contributed by atoms with Gasteiger partial charge in [-0.05, 0) is 49.9 Å². The smallest absolute Gasteiger partial charge is 0.356 e. The monoisotopic (exact) mass is 387 g/mol.